The zero-order valence-corrected chi connectivity index (χ0v) is 7.55. The lowest BCUT2D eigenvalue weighted by Crippen LogP contribution is -2.47. The molecule has 0 saturated heterocycles. The Morgan fingerprint density at radius 3 is 2.45 bits per heavy atom. The Hall–Kier alpha value is -0.590. The largest absolute Gasteiger partial charge is 0.300 e. The lowest BCUT2D eigenvalue weighted by atomic mass is 9.54. The Morgan fingerprint density at radius 1 is 1.64 bits per heavy atom. The molecule has 11 heavy (non-hydrogen) atoms. The highest BCUT2D eigenvalue weighted by Crippen LogP contribution is 2.51. The second kappa shape index (κ2) is 2.47. The molecular weight excluding hydrogens is 136 g/mol. The third-order valence-corrected chi connectivity index (χ3v) is 3.12. The predicted octanol–water partition coefficient (Wildman–Crippen LogP) is 2.42. The normalized spacial score (nSPS) is 34.1. The van der Waals surface area contributed by atoms with Crippen molar-refractivity contribution in [2.45, 2.75) is 27.2 Å². The summed E-state index contributed by atoms with van der Waals surface area (Å²) in [5.74, 6) is 1.13. The van der Waals surface area contributed by atoms with Gasteiger partial charge in [-0.25, -0.2) is 0 Å². The number of hydrogen-bond donors (Lipinski definition) is 0. The van der Waals surface area contributed by atoms with E-state index >= 15 is 0 Å². The molecule has 0 aliphatic heterocycles. The number of Topliss-reactive ketones (excluding diaryl/α,β-unsaturated/α-hetero) is 1. The fraction of sp³-hybridized carbons (Fsp3) is 0.700. The quantitative estimate of drug-likeness (QED) is 0.555. The Kier molecular flexibility index (Phi) is 1.91. The van der Waals surface area contributed by atoms with Gasteiger partial charge in [0.15, 0.2) is 0 Å². The van der Waals surface area contributed by atoms with E-state index in [1.807, 2.05) is 6.08 Å². The summed E-state index contributed by atoms with van der Waals surface area (Å²) >= 11 is 0. The molecule has 0 aromatic rings. The molecule has 0 aromatic heterocycles. The third-order valence-electron chi connectivity index (χ3n) is 3.12. The van der Waals surface area contributed by atoms with Gasteiger partial charge in [-0.1, -0.05) is 19.9 Å². The zero-order chi connectivity index (χ0) is 8.65. The summed E-state index contributed by atoms with van der Waals surface area (Å²) in [6.45, 7) is 9.74. The van der Waals surface area contributed by atoms with Crippen molar-refractivity contribution in [1.29, 1.82) is 0 Å². The first kappa shape index (κ1) is 8.51. The van der Waals surface area contributed by atoms with Gasteiger partial charge in [0.25, 0.3) is 0 Å². The van der Waals surface area contributed by atoms with Gasteiger partial charge in [0.05, 0.1) is 0 Å². The molecule has 1 nitrogen and oxygen atoms in total. The smallest absolute Gasteiger partial charge is 0.133 e. The van der Waals surface area contributed by atoms with Gasteiger partial charge in [-0.3, -0.25) is 4.79 Å². The number of ketones is 1. The standard InChI is InChI=1S/C10H16O/c1-5-8-6-9(7(2)11)10(8,3)4/h5,8-9H,1,6H2,2-4H3/t8-,9-/m1/s1. The van der Waals surface area contributed by atoms with Gasteiger partial charge in [0.1, 0.15) is 5.78 Å². The Morgan fingerprint density at radius 2 is 2.18 bits per heavy atom. The Labute approximate surface area is 68.5 Å². The number of allylic oxidation sites excluding steroid dienone is 1. The molecular formula is C10H16O. The van der Waals surface area contributed by atoms with Crippen molar-refractivity contribution in [3.8, 4) is 0 Å². The summed E-state index contributed by atoms with van der Waals surface area (Å²) in [7, 11) is 0. The lowest BCUT2D eigenvalue weighted by Gasteiger charge is -2.49. The van der Waals surface area contributed by atoms with Gasteiger partial charge in [-0.05, 0) is 24.7 Å². The lowest BCUT2D eigenvalue weighted by molar-refractivity contribution is -0.133. The Bertz CT molecular complexity index is 191. The highest BCUT2D eigenvalue weighted by atomic mass is 16.1. The predicted molar refractivity (Wildman–Crippen MR) is 46.3 cm³/mol. The minimum absolute atomic E-state index is 0.160. The van der Waals surface area contributed by atoms with Crippen LogP contribution in [0.5, 0.6) is 0 Å². The minimum atomic E-state index is 0.160. The van der Waals surface area contributed by atoms with Crippen molar-refractivity contribution in [3.05, 3.63) is 12.7 Å². The van der Waals surface area contributed by atoms with Crippen LogP contribution in [0.3, 0.4) is 0 Å². The first-order chi connectivity index (χ1) is 5.00. The summed E-state index contributed by atoms with van der Waals surface area (Å²) in [5, 5.41) is 0. The van der Waals surface area contributed by atoms with E-state index in [0.29, 0.717) is 11.7 Å². The highest BCUT2D eigenvalue weighted by Gasteiger charge is 2.48. The molecule has 1 fully saturated rings. The SMILES string of the molecule is C=C[C@@H]1C[C@H](C(C)=O)C1(C)C. The zero-order valence-electron chi connectivity index (χ0n) is 7.55. The van der Waals surface area contributed by atoms with Crippen molar-refractivity contribution in [2.24, 2.45) is 17.3 Å². The number of hydrogen-bond acceptors (Lipinski definition) is 1. The molecule has 62 valence electrons. The van der Waals surface area contributed by atoms with E-state index < -0.39 is 0 Å². The average molecular weight is 152 g/mol. The molecule has 1 heteroatoms. The van der Waals surface area contributed by atoms with E-state index in [1.165, 1.54) is 0 Å². The summed E-state index contributed by atoms with van der Waals surface area (Å²) in [4.78, 5) is 11.1. The van der Waals surface area contributed by atoms with Crippen molar-refractivity contribution in [2.75, 3.05) is 0 Å². The van der Waals surface area contributed by atoms with Crippen LogP contribution in [0.15, 0.2) is 12.7 Å². The Balaban J connectivity index is 2.68. The molecule has 0 radical (unpaired) electrons. The molecule has 0 spiro atoms. The average Bonchev–Trinajstić information content (AvgIpc) is 1.85. The van der Waals surface area contributed by atoms with Crippen LogP contribution in [0.2, 0.25) is 0 Å². The third kappa shape index (κ3) is 1.13. The van der Waals surface area contributed by atoms with Gasteiger partial charge in [-0.15, -0.1) is 6.58 Å². The molecule has 0 heterocycles. The summed E-state index contributed by atoms with van der Waals surface area (Å²) < 4.78 is 0. The van der Waals surface area contributed by atoms with Gasteiger partial charge in [-0.2, -0.15) is 0 Å². The molecule has 1 saturated carbocycles. The van der Waals surface area contributed by atoms with Crippen LogP contribution in [-0.4, -0.2) is 5.78 Å². The molecule has 0 unspecified atom stereocenters. The molecule has 0 amide bonds. The fourth-order valence-corrected chi connectivity index (χ4v) is 2.05. The molecule has 2 atom stereocenters. The monoisotopic (exact) mass is 152 g/mol. The van der Waals surface area contributed by atoms with Crippen LogP contribution in [0.1, 0.15) is 27.2 Å². The van der Waals surface area contributed by atoms with Crippen LogP contribution in [0.4, 0.5) is 0 Å². The highest BCUT2D eigenvalue weighted by molar-refractivity contribution is 5.80. The van der Waals surface area contributed by atoms with Gasteiger partial charge < -0.3 is 0 Å². The summed E-state index contributed by atoms with van der Waals surface area (Å²) in [6, 6.07) is 0. The minimum Gasteiger partial charge on any atom is -0.300 e. The number of carbonyl (C=O) groups is 1. The first-order valence-electron chi connectivity index (χ1n) is 4.13. The van der Waals surface area contributed by atoms with Crippen molar-refractivity contribution in [3.63, 3.8) is 0 Å². The maximum atomic E-state index is 11.1. The van der Waals surface area contributed by atoms with Crippen LogP contribution < -0.4 is 0 Å². The van der Waals surface area contributed by atoms with E-state index in [4.69, 9.17) is 0 Å². The molecule has 1 aliphatic carbocycles. The van der Waals surface area contributed by atoms with Gasteiger partial charge in [0, 0.05) is 5.92 Å². The topological polar surface area (TPSA) is 17.1 Å². The van der Waals surface area contributed by atoms with Crippen LogP contribution in [0.25, 0.3) is 0 Å². The molecule has 0 N–H and O–H groups in total. The van der Waals surface area contributed by atoms with E-state index in [0.717, 1.165) is 6.42 Å². The molecule has 1 rings (SSSR count). The van der Waals surface area contributed by atoms with E-state index in [-0.39, 0.29) is 11.3 Å². The van der Waals surface area contributed by atoms with Crippen LogP contribution in [-0.2, 0) is 4.79 Å². The summed E-state index contributed by atoms with van der Waals surface area (Å²) in [5.41, 5.74) is 0.160. The van der Waals surface area contributed by atoms with Gasteiger partial charge >= 0.3 is 0 Å². The van der Waals surface area contributed by atoms with Crippen molar-refractivity contribution < 1.29 is 4.79 Å². The van der Waals surface area contributed by atoms with Gasteiger partial charge in [0.2, 0.25) is 0 Å². The van der Waals surface area contributed by atoms with Crippen LogP contribution >= 0.6 is 0 Å². The van der Waals surface area contributed by atoms with E-state index in [2.05, 4.69) is 20.4 Å². The molecule has 0 bridgehead atoms. The molecule has 1 aliphatic rings. The second-order valence-corrected chi connectivity index (χ2v) is 4.06. The van der Waals surface area contributed by atoms with E-state index in [1.54, 1.807) is 6.92 Å². The fourth-order valence-electron chi connectivity index (χ4n) is 2.05. The second-order valence-electron chi connectivity index (χ2n) is 4.06. The number of rotatable bonds is 2. The summed E-state index contributed by atoms with van der Waals surface area (Å²) in [6.07, 6.45) is 2.98. The molecule has 0 aromatic carbocycles. The number of carbonyl (C=O) groups excluding carboxylic acids is 1. The van der Waals surface area contributed by atoms with Crippen molar-refractivity contribution in [1.82, 2.24) is 0 Å². The van der Waals surface area contributed by atoms with Crippen molar-refractivity contribution >= 4 is 5.78 Å². The van der Waals surface area contributed by atoms with Crippen LogP contribution in [0, 0.1) is 17.3 Å². The maximum absolute atomic E-state index is 11.1. The first-order valence-corrected chi connectivity index (χ1v) is 4.13. The maximum Gasteiger partial charge on any atom is 0.133 e. The van der Waals surface area contributed by atoms with E-state index in [9.17, 15) is 4.79 Å².